The van der Waals surface area contributed by atoms with Crippen molar-refractivity contribution in [1.82, 2.24) is 9.80 Å². The van der Waals surface area contributed by atoms with E-state index in [2.05, 4.69) is 25.3 Å². The molecule has 1 atom stereocenters. The van der Waals surface area contributed by atoms with Crippen LogP contribution in [0.3, 0.4) is 0 Å². The number of aliphatic hydroxyl groups is 1. The first-order valence-electron chi connectivity index (χ1n) is 13.3. The zero-order valence-corrected chi connectivity index (χ0v) is 22.9. The second kappa shape index (κ2) is 12.6. The predicted octanol–water partition coefficient (Wildman–Crippen LogP) is 5.57. The SMILES string of the molecule is C=CCOc1cccc(C2/C(=C(\O)c3ccc4cc(OC)ccc4c3)C(=O)C(=O)N2CCCN(CC)CC)c1. The number of rotatable bonds is 12. The fraction of sp³-hybridized carbons (Fsp3) is 0.312. The van der Waals surface area contributed by atoms with Gasteiger partial charge >= 0.3 is 0 Å². The Balaban J connectivity index is 1.78. The molecule has 1 aliphatic heterocycles. The lowest BCUT2D eigenvalue weighted by atomic mass is 9.94. The quantitative estimate of drug-likeness (QED) is 0.143. The van der Waals surface area contributed by atoms with E-state index < -0.39 is 17.7 Å². The third-order valence-corrected chi connectivity index (χ3v) is 7.17. The molecule has 1 amide bonds. The number of aliphatic hydroxyl groups excluding tert-OH is 1. The highest BCUT2D eigenvalue weighted by Crippen LogP contribution is 2.40. The van der Waals surface area contributed by atoms with Gasteiger partial charge in [0, 0.05) is 12.1 Å². The number of amides is 1. The summed E-state index contributed by atoms with van der Waals surface area (Å²) in [4.78, 5) is 30.7. The van der Waals surface area contributed by atoms with Gasteiger partial charge in [0.25, 0.3) is 11.7 Å². The highest BCUT2D eigenvalue weighted by Gasteiger charge is 2.46. The molecule has 0 bridgehead atoms. The van der Waals surface area contributed by atoms with Gasteiger partial charge in [0.2, 0.25) is 0 Å². The van der Waals surface area contributed by atoms with Crippen molar-refractivity contribution in [2.75, 3.05) is 39.9 Å². The van der Waals surface area contributed by atoms with Crippen LogP contribution in [0.25, 0.3) is 16.5 Å². The fourth-order valence-electron chi connectivity index (χ4n) is 5.04. The third-order valence-electron chi connectivity index (χ3n) is 7.17. The standard InChI is InChI=1S/C32H36N2O5/c1-5-18-39-27-11-8-10-24(21-27)29-28(31(36)32(37)34(29)17-9-16-33(6-2)7-3)30(35)25-13-12-23-20-26(38-4)15-14-22(23)19-25/h5,8,10-15,19-21,29,35H,1,6-7,9,16-18H2,2-4H3/b30-28+. The normalized spacial score (nSPS) is 16.7. The number of nitrogens with zero attached hydrogens (tertiary/aromatic N) is 2. The van der Waals surface area contributed by atoms with E-state index in [9.17, 15) is 14.7 Å². The lowest BCUT2D eigenvalue weighted by molar-refractivity contribution is -0.140. The fourth-order valence-corrected chi connectivity index (χ4v) is 5.04. The number of ketones is 1. The molecule has 1 saturated heterocycles. The van der Waals surface area contributed by atoms with E-state index in [1.54, 1.807) is 24.2 Å². The minimum atomic E-state index is -0.736. The Morgan fingerprint density at radius 2 is 1.77 bits per heavy atom. The summed E-state index contributed by atoms with van der Waals surface area (Å²) in [7, 11) is 1.61. The predicted molar refractivity (Wildman–Crippen MR) is 154 cm³/mol. The smallest absolute Gasteiger partial charge is 0.295 e. The van der Waals surface area contributed by atoms with Crippen LogP contribution in [0.4, 0.5) is 0 Å². The number of benzene rings is 3. The maximum absolute atomic E-state index is 13.4. The van der Waals surface area contributed by atoms with E-state index in [0.29, 0.717) is 36.4 Å². The molecule has 3 aromatic carbocycles. The van der Waals surface area contributed by atoms with Crippen molar-refractivity contribution in [2.45, 2.75) is 26.3 Å². The van der Waals surface area contributed by atoms with Gasteiger partial charge in [0.05, 0.1) is 18.7 Å². The van der Waals surface area contributed by atoms with Crippen LogP contribution in [0.15, 0.2) is 78.9 Å². The van der Waals surface area contributed by atoms with Crippen LogP contribution in [0.1, 0.15) is 37.4 Å². The molecule has 3 aromatic rings. The van der Waals surface area contributed by atoms with Gasteiger partial charge in [-0.1, -0.05) is 56.8 Å². The topological polar surface area (TPSA) is 79.3 Å². The summed E-state index contributed by atoms with van der Waals surface area (Å²) in [6, 6.07) is 17.7. The van der Waals surface area contributed by atoms with Crippen molar-refractivity contribution in [1.29, 1.82) is 0 Å². The third kappa shape index (κ3) is 5.99. The highest BCUT2D eigenvalue weighted by atomic mass is 16.5. The number of methoxy groups -OCH3 is 1. The zero-order valence-electron chi connectivity index (χ0n) is 22.9. The van der Waals surface area contributed by atoms with Crippen molar-refractivity contribution in [2.24, 2.45) is 0 Å². The Bertz CT molecular complexity index is 1390. The van der Waals surface area contributed by atoms with Crippen molar-refractivity contribution >= 4 is 28.2 Å². The van der Waals surface area contributed by atoms with Gasteiger partial charge in [-0.25, -0.2) is 0 Å². The summed E-state index contributed by atoms with van der Waals surface area (Å²) in [6.07, 6.45) is 2.36. The maximum atomic E-state index is 13.4. The summed E-state index contributed by atoms with van der Waals surface area (Å²) in [5.41, 5.74) is 1.25. The molecule has 1 aliphatic rings. The van der Waals surface area contributed by atoms with E-state index >= 15 is 0 Å². The number of Topliss-reactive ketones (excluding diaryl/α,β-unsaturated/α-hetero) is 1. The average Bonchev–Trinajstić information content (AvgIpc) is 3.22. The largest absolute Gasteiger partial charge is 0.507 e. The number of fused-ring (bicyclic) bond motifs is 1. The number of hydrogen-bond acceptors (Lipinski definition) is 6. The van der Waals surface area contributed by atoms with Gasteiger partial charge in [-0.2, -0.15) is 0 Å². The first-order valence-corrected chi connectivity index (χ1v) is 13.3. The van der Waals surface area contributed by atoms with Crippen LogP contribution < -0.4 is 9.47 Å². The van der Waals surface area contributed by atoms with Crippen LogP contribution in [-0.4, -0.2) is 66.5 Å². The van der Waals surface area contributed by atoms with Crippen molar-refractivity contribution < 1.29 is 24.2 Å². The number of carbonyl (C=O) groups excluding carboxylic acids is 2. The Morgan fingerprint density at radius 1 is 1.03 bits per heavy atom. The second-order valence-corrected chi connectivity index (χ2v) is 9.47. The number of carbonyl (C=O) groups is 2. The molecule has 1 heterocycles. The molecule has 0 radical (unpaired) electrons. The van der Waals surface area contributed by atoms with E-state index in [0.717, 1.165) is 36.2 Å². The van der Waals surface area contributed by atoms with Crippen LogP contribution in [0.5, 0.6) is 11.5 Å². The van der Waals surface area contributed by atoms with Crippen molar-refractivity contribution in [3.63, 3.8) is 0 Å². The monoisotopic (exact) mass is 528 g/mol. The van der Waals surface area contributed by atoms with E-state index in [1.165, 1.54) is 0 Å². The Kier molecular flexibility index (Phi) is 9.04. The molecule has 0 aromatic heterocycles. The second-order valence-electron chi connectivity index (χ2n) is 9.47. The number of ether oxygens (including phenoxy) is 2. The first-order chi connectivity index (χ1) is 18.9. The molecule has 39 heavy (non-hydrogen) atoms. The first kappa shape index (κ1) is 27.9. The van der Waals surface area contributed by atoms with Gasteiger partial charge in [-0.3, -0.25) is 9.59 Å². The van der Waals surface area contributed by atoms with Crippen LogP contribution in [0, 0.1) is 0 Å². The molecule has 7 heteroatoms. The molecule has 1 fully saturated rings. The minimum absolute atomic E-state index is 0.0802. The van der Waals surface area contributed by atoms with Crippen LogP contribution in [-0.2, 0) is 9.59 Å². The molecule has 1 N–H and O–H groups in total. The van der Waals surface area contributed by atoms with Crippen LogP contribution >= 0.6 is 0 Å². The van der Waals surface area contributed by atoms with Gasteiger partial charge in [0.15, 0.2) is 0 Å². The molecule has 0 saturated carbocycles. The van der Waals surface area contributed by atoms with Crippen molar-refractivity contribution in [3.05, 3.63) is 90.0 Å². The van der Waals surface area contributed by atoms with Gasteiger partial charge in [-0.05, 0) is 72.7 Å². The summed E-state index contributed by atoms with van der Waals surface area (Å²) in [6.45, 7) is 11.2. The van der Waals surface area contributed by atoms with Gasteiger partial charge < -0.3 is 24.4 Å². The summed E-state index contributed by atoms with van der Waals surface area (Å²) >= 11 is 0. The molecule has 0 spiro atoms. The average molecular weight is 529 g/mol. The van der Waals surface area contributed by atoms with Crippen molar-refractivity contribution in [3.8, 4) is 11.5 Å². The molecule has 1 unspecified atom stereocenters. The molecule has 7 nitrogen and oxygen atoms in total. The summed E-state index contributed by atoms with van der Waals surface area (Å²) in [5, 5.41) is 13.3. The van der Waals surface area contributed by atoms with E-state index in [4.69, 9.17) is 9.47 Å². The number of hydrogen-bond donors (Lipinski definition) is 1. The van der Waals surface area contributed by atoms with E-state index in [-0.39, 0.29) is 11.3 Å². The van der Waals surface area contributed by atoms with Crippen LogP contribution in [0.2, 0.25) is 0 Å². The molecule has 4 rings (SSSR count). The molecule has 0 aliphatic carbocycles. The Hall–Kier alpha value is -4.10. The Labute approximate surface area is 229 Å². The van der Waals surface area contributed by atoms with E-state index in [1.807, 2.05) is 54.6 Å². The Morgan fingerprint density at radius 3 is 2.49 bits per heavy atom. The summed E-state index contributed by atoms with van der Waals surface area (Å²) < 4.78 is 11.0. The highest BCUT2D eigenvalue weighted by molar-refractivity contribution is 6.46. The molecular formula is C32H36N2O5. The molecular weight excluding hydrogens is 492 g/mol. The maximum Gasteiger partial charge on any atom is 0.295 e. The number of likely N-dealkylation sites (tertiary alicyclic amines) is 1. The lowest BCUT2D eigenvalue weighted by Crippen LogP contribution is -2.33. The molecule has 204 valence electrons. The lowest BCUT2D eigenvalue weighted by Gasteiger charge is -2.27. The van der Waals surface area contributed by atoms with Gasteiger partial charge in [0.1, 0.15) is 23.9 Å². The minimum Gasteiger partial charge on any atom is -0.507 e. The van der Waals surface area contributed by atoms with Gasteiger partial charge in [-0.15, -0.1) is 0 Å². The zero-order chi connectivity index (χ0) is 27.9. The summed E-state index contributed by atoms with van der Waals surface area (Å²) in [5.74, 6) is -0.162.